The van der Waals surface area contributed by atoms with Gasteiger partial charge in [-0.05, 0) is 18.9 Å². The average Bonchev–Trinajstić information content (AvgIpc) is 2.76. The third-order valence-corrected chi connectivity index (χ3v) is 3.85. The summed E-state index contributed by atoms with van der Waals surface area (Å²) >= 11 is 11.6. The zero-order chi connectivity index (χ0) is 14.7. The van der Waals surface area contributed by atoms with Crippen molar-refractivity contribution in [2.45, 2.75) is 18.9 Å². The first-order chi connectivity index (χ1) is 9.49. The topological polar surface area (TPSA) is 82.6 Å². The van der Waals surface area contributed by atoms with Gasteiger partial charge in [0.25, 0.3) is 5.91 Å². The van der Waals surface area contributed by atoms with E-state index in [1.165, 1.54) is 11.0 Å². The molecule has 2 N–H and O–H groups in total. The van der Waals surface area contributed by atoms with Crippen LogP contribution in [-0.2, 0) is 9.53 Å². The summed E-state index contributed by atoms with van der Waals surface area (Å²) in [5, 5.41) is 9.38. The van der Waals surface area contributed by atoms with Gasteiger partial charge in [-0.15, -0.1) is 0 Å². The van der Waals surface area contributed by atoms with E-state index >= 15 is 0 Å². The van der Waals surface area contributed by atoms with Crippen molar-refractivity contribution in [2.75, 3.05) is 19.8 Å². The number of carboxylic acid groups (broad SMARTS) is 1. The first-order valence-corrected chi connectivity index (χ1v) is 6.89. The molecule has 2 rings (SSSR count). The molecule has 1 aliphatic rings. The molecule has 1 aromatic heterocycles. The van der Waals surface area contributed by atoms with Gasteiger partial charge in [0.05, 0.1) is 5.02 Å². The van der Waals surface area contributed by atoms with Crippen molar-refractivity contribution in [1.82, 2.24) is 9.88 Å². The molecule has 0 spiro atoms. The summed E-state index contributed by atoms with van der Waals surface area (Å²) in [5.41, 5.74) is 0.188. The van der Waals surface area contributed by atoms with Crippen molar-refractivity contribution >= 4 is 35.1 Å². The van der Waals surface area contributed by atoms with Gasteiger partial charge in [-0.25, -0.2) is 0 Å². The number of H-pyrrole nitrogens is 1. The predicted octanol–water partition coefficient (Wildman–Crippen LogP) is 2.03. The van der Waals surface area contributed by atoms with Crippen LogP contribution in [0.1, 0.15) is 23.3 Å². The van der Waals surface area contributed by atoms with Crippen molar-refractivity contribution in [1.29, 1.82) is 0 Å². The second kappa shape index (κ2) is 6.47. The summed E-state index contributed by atoms with van der Waals surface area (Å²) in [6, 6.07) is 1.24. The number of aliphatic carboxylic acids is 1. The third kappa shape index (κ3) is 3.45. The molecule has 1 amide bonds. The molecule has 110 valence electrons. The minimum atomic E-state index is -1.06. The minimum Gasteiger partial charge on any atom is -0.480 e. The number of aromatic amines is 1. The lowest BCUT2D eigenvalue weighted by Crippen LogP contribution is -2.46. The minimum absolute atomic E-state index is 0.159. The highest BCUT2D eigenvalue weighted by Crippen LogP contribution is 2.24. The monoisotopic (exact) mass is 320 g/mol. The average molecular weight is 321 g/mol. The number of hydrogen-bond acceptors (Lipinski definition) is 3. The summed E-state index contributed by atoms with van der Waals surface area (Å²) in [6.07, 6.45) is 1.22. The van der Waals surface area contributed by atoms with Crippen molar-refractivity contribution in [3.8, 4) is 0 Å². The molecular formula is C12H14Cl2N2O4. The Morgan fingerprint density at radius 2 is 2.05 bits per heavy atom. The van der Waals surface area contributed by atoms with Crippen LogP contribution in [0.3, 0.4) is 0 Å². The number of aromatic nitrogens is 1. The Kier molecular flexibility index (Phi) is 4.91. The molecule has 0 radical (unpaired) electrons. The normalized spacial score (nSPS) is 16.1. The Labute approximate surface area is 125 Å². The van der Waals surface area contributed by atoms with Crippen LogP contribution in [0.2, 0.25) is 10.2 Å². The van der Waals surface area contributed by atoms with Crippen LogP contribution < -0.4 is 0 Å². The molecule has 0 atom stereocenters. The maximum absolute atomic E-state index is 12.4. The molecular weight excluding hydrogens is 307 g/mol. The van der Waals surface area contributed by atoms with Crippen molar-refractivity contribution in [2.24, 2.45) is 0 Å². The smallest absolute Gasteiger partial charge is 0.323 e. The van der Waals surface area contributed by atoms with Gasteiger partial charge >= 0.3 is 5.97 Å². The Balaban J connectivity index is 2.20. The van der Waals surface area contributed by atoms with E-state index in [1.54, 1.807) is 0 Å². The number of carbonyl (C=O) groups is 2. The van der Waals surface area contributed by atoms with Crippen LogP contribution in [0, 0.1) is 0 Å². The van der Waals surface area contributed by atoms with E-state index in [0.29, 0.717) is 26.1 Å². The summed E-state index contributed by atoms with van der Waals surface area (Å²) in [7, 11) is 0. The van der Waals surface area contributed by atoms with E-state index in [-0.39, 0.29) is 28.5 Å². The summed E-state index contributed by atoms with van der Waals surface area (Å²) in [5.74, 6) is -1.48. The van der Waals surface area contributed by atoms with Crippen LogP contribution in [0.25, 0.3) is 0 Å². The standard InChI is InChI=1S/C12H14Cl2N2O4/c13-8-5-9(15-11(8)14)12(19)16(6-10(17)18)7-1-3-20-4-2-7/h5,7,15H,1-4,6H2,(H,17,18). The highest BCUT2D eigenvalue weighted by molar-refractivity contribution is 6.41. The number of halogens is 2. The number of rotatable bonds is 4. The molecule has 2 heterocycles. The van der Waals surface area contributed by atoms with Gasteiger partial charge in [0.15, 0.2) is 0 Å². The maximum Gasteiger partial charge on any atom is 0.323 e. The molecule has 1 aliphatic heterocycles. The lowest BCUT2D eigenvalue weighted by molar-refractivity contribution is -0.138. The fraction of sp³-hybridized carbons (Fsp3) is 0.500. The quantitative estimate of drug-likeness (QED) is 0.889. The molecule has 1 saturated heterocycles. The molecule has 0 aromatic carbocycles. The van der Waals surface area contributed by atoms with Crippen LogP contribution in [0.15, 0.2) is 6.07 Å². The molecule has 0 unspecified atom stereocenters. The van der Waals surface area contributed by atoms with Gasteiger partial charge in [0, 0.05) is 19.3 Å². The number of amides is 1. The Morgan fingerprint density at radius 3 is 2.55 bits per heavy atom. The van der Waals surface area contributed by atoms with Gasteiger partial charge in [0.2, 0.25) is 0 Å². The van der Waals surface area contributed by atoms with Crippen LogP contribution >= 0.6 is 23.2 Å². The van der Waals surface area contributed by atoms with Crippen LogP contribution in [0.4, 0.5) is 0 Å². The van der Waals surface area contributed by atoms with Crippen molar-refractivity contribution < 1.29 is 19.4 Å². The van der Waals surface area contributed by atoms with Gasteiger partial charge in [-0.3, -0.25) is 9.59 Å². The molecule has 1 fully saturated rings. The number of carbonyl (C=O) groups excluding carboxylic acids is 1. The van der Waals surface area contributed by atoms with Crippen LogP contribution in [-0.4, -0.2) is 52.7 Å². The van der Waals surface area contributed by atoms with E-state index in [9.17, 15) is 9.59 Å². The van der Waals surface area contributed by atoms with Gasteiger partial charge in [0.1, 0.15) is 17.4 Å². The largest absolute Gasteiger partial charge is 0.480 e. The second-order valence-corrected chi connectivity index (χ2v) is 5.30. The van der Waals surface area contributed by atoms with E-state index in [0.717, 1.165) is 0 Å². The zero-order valence-corrected chi connectivity index (χ0v) is 12.1. The lowest BCUT2D eigenvalue weighted by atomic mass is 10.1. The summed E-state index contributed by atoms with van der Waals surface area (Å²) in [4.78, 5) is 27.4. The number of nitrogens with one attached hydrogen (secondary N) is 1. The molecule has 20 heavy (non-hydrogen) atoms. The highest BCUT2D eigenvalue weighted by Gasteiger charge is 2.29. The van der Waals surface area contributed by atoms with Crippen molar-refractivity contribution in [3.05, 3.63) is 21.9 Å². The van der Waals surface area contributed by atoms with E-state index in [2.05, 4.69) is 4.98 Å². The number of carboxylic acids is 1. The fourth-order valence-corrected chi connectivity index (χ4v) is 2.50. The molecule has 8 heteroatoms. The van der Waals surface area contributed by atoms with Gasteiger partial charge < -0.3 is 19.7 Å². The van der Waals surface area contributed by atoms with Crippen LogP contribution in [0.5, 0.6) is 0 Å². The van der Waals surface area contributed by atoms with E-state index in [1.807, 2.05) is 0 Å². The summed E-state index contributed by atoms with van der Waals surface area (Å²) < 4.78 is 5.23. The molecule has 0 aliphatic carbocycles. The number of nitrogens with zero attached hydrogens (tertiary/aromatic N) is 1. The van der Waals surface area contributed by atoms with Gasteiger partial charge in [-0.2, -0.15) is 0 Å². The summed E-state index contributed by atoms with van der Waals surface area (Å²) in [6.45, 7) is 0.665. The van der Waals surface area contributed by atoms with E-state index < -0.39 is 11.9 Å². The molecule has 0 bridgehead atoms. The zero-order valence-electron chi connectivity index (χ0n) is 10.6. The number of hydrogen-bond donors (Lipinski definition) is 2. The molecule has 0 saturated carbocycles. The predicted molar refractivity (Wildman–Crippen MR) is 73.3 cm³/mol. The Morgan fingerprint density at radius 1 is 1.40 bits per heavy atom. The third-order valence-electron chi connectivity index (χ3n) is 3.15. The second-order valence-electron chi connectivity index (χ2n) is 4.52. The van der Waals surface area contributed by atoms with Crippen molar-refractivity contribution in [3.63, 3.8) is 0 Å². The molecule has 6 nitrogen and oxygen atoms in total. The lowest BCUT2D eigenvalue weighted by Gasteiger charge is -2.32. The Bertz CT molecular complexity index is 492. The number of ether oxygens (including phenoxy) is 1. The Hall–Kier alpha value is -1.24. The highest BCUT2D eigenvalue weighted by atomic mass is 35.5. The SMILES string of the molecule is O=C(O)CN(C(=O)c1cc(Cl)c(Cl)[nH]1)C1CCOCC1. The van der Waals surface area contributed by atoms with Gasteiger partial charge in [-0.1, -0.05) is 23.2 Å². The first-order valence-electron chi connectivity index (χ1n) is 6.13. The fourth-order valence-electron chi connectivity index (χ4n) is 2.18. The maximum atomic E-state index is 12.4. The molecule has 1 aromatic rings. The van der Waals surface area contributed by atoms with E-state index in [4.69, 9.17) is 33.0 Å². The first kappa shape index (κ1) is 15.2.